The van der Waals surface area contributed by atoms with Gasteiger partial charge in [0.05, 0.1) is 0 Å². The number of hydrogen-bond acceptors (Lipinski definition) is 3. The lowest BCUT2D eigenvalue weighted by molar-refractivity contribution is -0.144. The van der Waals surface area contributed by atoms with Crippen molar-refractivity contribution in [1.82, 2.24) is 10.2 Å². The molecule has 1 aliphatic carbocycles. The molecule has 0 aromatic carbocycles. The maximum atomic E-state index is 11.5. The van der Waals surface area contributed by atoms with Crippen molar-refractivity contribution in [2.75, 3.05) is 13.6 Å². The van der Waals surface area contributed by atoms with E-state index in [4.69, 9.17) is 0 Å². The van der Waals surface area contributed by atoms with Gasteiger partial charge in [-0.3, -0.25) is 9.69 Å². The van der Waals surface area contributed by atoms with Gasteiger partial charge < -0.3 is 10.4 Å². The van der Waals surface area contributed by atoms with Crippen LogP contribution in [-0.2, 0) is 4.79 Å². The van der Waals surface area contributed by atoms with Gasteiger partial charge in [0.25, 0.3) is 0 Å². The van der Waals surface area contributed by atoms with Crippen molar-refractivity contribution in [1.29, 1.82) is 0 Å². The Kier molecular flexibility index (Phi) is 5.08. The Labute approximate surface area is 122 Å². The van der Waals surface area contributed by atoms with Crippen LogP contribution in [0.15, 0.2) is 0 Å². The molecule has 2 fully saturated rings. The van der Waals surface area contributed by atoms with Gasteiger partial charge in [0.1, 0.15) is 5.54 Å². The minimum absolute atomic E-state index is 0.330. The molecule has 2 N–H and O–H groups in total. The van der Waals surface area contributed by atoms with Crippen LogP contribution >= 0.6 is 0 Å². The molecule has 1 aliphatic heterocycles. The summed E-state index contributed by atoms with van der Waals surface area (Å²) in [5.41, 5.74) is -0.817. The third-order valence-corrected chi connectivity index (χ3v) is 5.58. The highest BCUT2D eigenvalue weighted by atomic mass is 16.4. The molecule has 0 bridgehead atoms. The molecule has 0 spiro atoms. The van der Waals surface area contributed by atoms with Crippen LogP contribution in [0.5, 0.6) is 0 Å². The Morgan fingerprint density at radius 2 is 2.00 bits per heavy atom. The summed E-state index contributed by atoms with van der Waals surface area (Å²) in [6.45, 7) is 5.14. The monoisotopic (exact) mass is 282 g/mol. The lowest BCUT2D eigenvalue weighted by Gasteiger charge is -2.38. The van der Waals surface area contributed by atoms with E-state index in [1.54, 1.807) is 14.0 Å². The van der Waals surface area contributed by atoms with E-state index in [2.05, 4.69) is 17.1 Å². The number of likely N-dealkylation sites (N-methyl/N-ethyl adjacent to an activating group) is 1. The van der Waals surface area contributed by atoms with Crippen molar-refractivity contribution in [2.45, 2.75) is 76.4 Å². The van der Waals surface area contributed by atoms with Crippen LogP contribution in [-0.4, -0.2) is 47.2 Å². The predicted molar refractivity (Wildman–Crippen MR) is 80.9 cm³/mol. The molecule has 1 heterocycles. The SMILES string of the molecule is CNC(C)(CC(C)N1CCCC1C1CCCC1)C(=O)O. The molecule has 4 heteroatoms. The topological polar surface area (TPSA) is 52.6 Å². The van der Waals surface area contributed by atoms with Crippen LogP contribution in [0.1, 0.15) is 58.8 Å². The summed E-state index contributed by atoms with van der Waals surface area (Å²) in [7, 11) is 1.75. The van der Waals surface area contributed by atoms with Gasteiger partial charge in [-0.25, -0.2) is 0 Å². The third-order valence-electron chi connectivity index (χ3n) is 5.58. The fraction of sp³-hybridized carbons (Fsp3) is 0.938. The quantitative estimate of drug-likeness (QED) is 0.786. The van der Waals surface area contributed by atoms with Crippen molar-refractivity contribution in [3.05, 3.63) is 0 Å². The summed E-state index contributed by atoms with van der Waals surface area (Å²) in [6, 6.07) is 1.03. The molecule has 1 saturated carbocycles. The van der Waals surface area contributed by atoms with E-state index >= 15 is 0 Å². The van der Waals surface area contributed by atoms with Crippen LogP contribution in [0.3, 0.4) is 0 Å². The normalized spacial score (nSPS) is 29.4. The van der Waals surface area contributed by atoms with Gasteiger partial charge in [-0.15, -0.1) is 0 Å². The smallest absolute Gasteiger partial charge is 0.323 e. The van der Waals surface area contributed by atoms with E-state index < -0.39 is 11.5 Å². The summed E-state index contributed by atoms with van der Waals surface area (Å²) < 4.78 is 0. The summed E-state index contributed by atoms with van der Waals surface area (Å²) in [5, 5.41) is 12.4. The molecule has 1 saturated heterocycles. The second-order valence-electron chi connectivity index (χ2n) is 6.93. The van der Waals surface area contributed by atoms with Gasteiger partial charge >= 0.3 is 5.97 Å². The molecule has 3 unspecified atom stereocenters. The molecule has 116 valence electrons. The van der Waals surface area contributed by atoms with Crippen LogP contribution in [0.2, 0.25) is 0 Å². The molecule has 0 radical (unpaired) electrons. The van der Waals surface area contributed by atoms with Crippen molar-refractivity contribution in [3.8, 4) is 0 Å². The third kappa shape index (κ3) is 3.17. The number of rotatable bonds is 6. The van der Waals surface area contributed by atoms with Gasteiger partial charge in [0, 0.05) is 12.1 Å². The minimum Gasteiger partial charge on any atom is -0.480 e. The zero-order chi connectivity index (χ0) is 14.8. The van der Waals surface area contributed by atoms with Gasteiger partial charge in [0.15, 0.2) is 0 Å². The average molecular weight is 282 g/mol. The van der Waals surface area contributed by atoms with Gasteiger partial charge in [-0.1, -0.05) is 12.8 Å². The molecule has 0 aromatic heterocycles. The highest BCUT2D eigenvalue weighted by molar-refractivity contribution is 5.78. The van der Waals surface area contributed by atoms with E-state index in [9.17, 15) is 9.90 Å². The summed E-state index contributed by atoms with van der Waals surface area (Å²) in [6.07, 6.45) is 8.75. The van der Waals surface area contributed by atoms with E-state index in [1.807, 2.05) is 0 Å². The fourth-order valence-corrected chi connectivity index (χ4v) is 4.21. The molecule has 0 amide bonds. The number of carbonyl (C=O) groups is 1. The summed E-state index contributed by atoms with van der Waals surface area (Å²) >= 11 is 0. The van der Waals surface area contributed by atoms with Crippen molar-refractivity contribution < 1.29 is 9.90 Å². The molecule has 0 aromatic rings. The van der Waals surface area contributed by atoms with Crippen molar-refractivity contribution in [3.63, 3.8) is 0 Å². The molecular formula is C16H30N2O2. The number of likely N-dealkylation sites (tertiary alicyclic amines) is 1. The lowest BCUT2D eigenvalue weighted by Crippen LogP contribution is -2.53. The van der Waals surface area contributed by atoms with E-state index in [1.165, 1.54) is 38.5 Å². The Bertz CT molecular complexity index is 341. The maximum absolute atomic E-state index is 11.5. The molecule has 2 rings (SSSR count). The Hall–Kier alpha value is -0.610. The molecule has 3 atom stereocenters. The second kappa shape index (κ2) is 6.44. The van der Waals surface area contributed by atoms with Crippen LogP contribution in [0, 0.1) is 5.92 Å². The largest absolute Gasteiger partial charge is 0.480 e. The standard InChI is InChI=1S/C16H30N2O2/c1-12(11-16(2,17-3)15(19)20)18-10-6-9-14(18)13-7-4-5-8-13/h12-14,17H,4-11H2,1-3H3,(H,19,20). The first-order chi connectivity index (χ1) is 9.48. The Morgan fingerprint density at radius 1 is 1.35 bits per heavy atom. The Balaban J connectivity index is 2.00. The lowest BCUT2D eigenvalue weighted by atomic mass is 9.90. The number of carboxylic acid groups (broad SMARTS) is 1. The fourth-order valence-electron chi connectivity index (χ4n) is 4.21. The molecular weight excluding hydrogens is 252 g/mol. The number of carboxylic acids is 1. The first-order valence-corrected chi connectivity index (χ1v) is 8.16. The van der Waals surface area contributed by atoms with Crippen molar-refractivity contribution >= 4 is 5.97 Å². The summed E-state index contributed by atoms with van der Waals surface area (Å²) in [4.78, 5) is 14.1. The maximum Gasteiger partial charge on any atom is 0.323 e. The van der Waals surface area contributed by atoms with Crippen LogP contribution < -0.4 is 5.32 Å². The van der Waals surface area contributed by atoms with Gasteiger partial charge in [-0.05, 0) is 65.5 Å². The molecule has 4 nitrogen and oxygen atoms in total. The number of nitrogens with one attached hydrogen (secondary N) is 1. The van der Waals surface area contributed by atoms with Crippen molar-refractivity contribution in [2.24, 2.45) is 5.92 Å². The number of hydrogen-bond donors (Lipinski definition) is 2. The van der Waals surface area contributed by atoms with Crippen LogP contribution in [0.4, 0.5) is 0 Å². The zero-order valence-corrected chi connectivity index (χ0v) is 13.2. The highest BCUT2D eigenvalue weighted by Crippen LogP contribution is 2.37. The minimum atomic E-state index is -0.817. The number of aliphatic carboxylic acids is 1. The van der Waals surface area contributed by atoms with Crippen LogP contribution in [0.25, 0.3) is 0 Å². The van der Waals surface area contributed by atoms with E-state index in [0.29, 0.717) is 18.5 Å². The average Bonchev–Trinajstić information content (AvgIpc) is 3.08. The predicted octanol–water partition coefficient (Wildman–Crippen LogP) is 2.48. The zero-order valence-electron chi connectivity index (χ0n) is 13.2. The molecule has 20 heavy (non-hydrogen) atoms. The Morgan fingerprint density at radius 3 is 2.55 bits per heavy atom. The second-order valence-corrected chi connectivity index (χ2v) is 6.93. The van der Waals surface area contributed by atoms with E-state index in [0.717, 1.165) is 12.5 Å². The first kappa shape index (κ1) is 15.8. The highest BCUT2D eigenvalue weighted by Gasteiger charge is 2.40. The molecule has 2 aliphatic rings. The summed E-state index contributed by atoms with van der Waals surface area (Å²) in [5.74, 6) is 0.106. The van der Waals surface area contributed by atoms with Gasteiger partial charge in [-0.2, -0.15) is 0 Å². The van der Waals surface area contributed by atoms with Gasteiger partial charge in [0.2, 0.25) is 0 Å². The first-order valence-electron chi connectivity index (χ1n) is 8.16. The van der Waals surface area contributed by atoms with E-state index in [-0.39, 0.29) is 0 Å². The number of nitrogens with zero attached hydrogens (tertiary/aromatic N) is 1.